The van der Waals surface area contributed by atoms with Gasteiger partial charge in [0.15, 0.2) is 0 Å². The average Bonchev–Trinajstić information content (AvgIpc) is 3.17. The predicted octanol–water partition coefficient (Wildman–Crippen LogP) is 5.22. The molecular weight excluding hydrogens is 380 g/mol. The van der Waals surface area contributed by atoms with E-state index in [0.29, 0.717) is 12.5 Å². The highest BCUT2D eigenvalue weighted by Crippen LogP contribution is 2.32. The summed E-state index contributed by atoms with van der Waals surface area (Å²) in [6, 6.07) is 19.7. The number of carbonyl (C=O) groups is 1. The maximum atomic E-state index is 12.5. The molecule has 0 aliphatic heterocycles. The van der Waals surface area contributed by atoms with Crippen LogP contribution >= 0.6 is 11.3 Å². The Kier molecular flexibility index (Phi) is 6.06. The van der Waals surface area contributed by atoms with Crippen molar-refractivity contribution in [3.05, 3.63) is 87.1 Å². The monoisotopic (exact) mass is 404 g/mol. The van der Waals surface area contributed by atoms with Gasteiger partial charge in [-0.25, -0.2) is 5.43 Å². The number of hydrazone groups is 1. The van der Waals surface area contributed by atoms with Crippen molar-refractivity contribution in [2.75, 3.05) is 0 Å². The van der Waals surface area contributed by atoms with E-state index in [1.54, 1.807) is 17.6 Å². The number of benzene rings is 2. The molecule has 3 aromatic rings. The minimum atomic E-state index is -0.156. The highest BCUT2D eigenvalue weighted by atomic mass is 32.1. The molecule has 1 atom stereocenters. The van der Waals surface area contributed by atoms with Crippen LogP contribution in [0.5, 0.6) is 5.75 Å². The average molecular weight is 405 g/mol. The van der Waals surface area contributed by atoms with E-state index < -0.39 is 0 Å². The quantitative estimate of drug-likeness (QED) is 0.453. The molecule has 5 heteroatoms. The van der Waals surface area contributed by atoms with Crippen molar-refractivity contribution in [2.45, 2.75) is 32.8 Å². The van der Waals surface area contributed by atoms with Gasteiger partial charge in [-0.05, 0) is 54.5 Å². The SMILES string of the molecule is C[C@H]1CCc2sc(C(=O)NN=Cc3ccccc3OCc3ccccc3)cc2C1. The lowest BCUT2D eigenvalue weighted by Crippen LogP contribution is -2.16. The zero-order chi connectivity index (χ0) is 20.1. The summed E-state index contributed by atoms with van der Waals surface area (Å²) in [6.07, 6.45) is 4.97. The third-order valence-corrected chi connectivity index (χ3v) is 6.31. The van der Waals surface area contributed by atoms with Crippen LogP contribution in [0.25, 0.3) is 0 Å². The van der Waals surface area contributed by atoms with Crippen molar-refractivity contribution in [3.8, 4) is 5.75 Å². The van der Waals surface area contributed by atoms with Gasteiger partial charge in [-0.2, -0.15) is 5.10 Å². The van der Waals surface area contributed by atoms with Gasteiger partial charge in [0.1, 0.15) is 12.4 Å². The van der Waals surface area contributed by atoms with Crippen LogP contribution in [0.2, 0.25) is 0 Å². The van der Waals surface area contributed by atoms with Gasteiger partial charge in [0.2, 0.25) is 0 Å². The van der Waals surface area contributed by atoms with E-state index in [1.165, 1.54) is 16.9 Å². The van der Waals surface area contributed by atoms with E-state index in [4.69, 9.17) is 4.74 Å². The van der Waals surface area contributed by atoms with E-state index >= 15 is 0 Å². The summed E-state index contributed by atoms with van der Waals surface area (Å²) in [7, 11) is 0. The Morgan fingerprint density at radius 2 is 2.00 bits per heavy atom. The number of nitrogens with one attached hydrogen (secondary N) is 1. The first-order chi connectivity index (χ1) is 14.2. The summed E-state index contributed by atoms with van der Waals surface area (Å²) in [4.78, 5) is 14.6. The minimum Gasteiger partial charge on any atom is -0.488 e. The predicted molar refractivity (Wildman–Crippen MR) is 118 cm³/mol. The molecular formula is C24H24N2O2S. The molecule has 1 aliphatic rings. The number of hydrogen-bond acceptors (Lipinski definition) is 4. The molecule has 1 N–H and O–H groups in total. The molecule has 0 radical (unpaired) electrons. The maximum absolute atomic E-state index is 12.5. The normalized spacial score (nSPS) is 15.8. The largest absolute Gasteiger partial charge is 0.488 e. The van der Waals surface area contributed by atoms with Crippen LogP contribution in [0.1, 0.15) is 44.6 Å². The number of carbonyl (C=O) groups excluding carboxylic acids is 1. The smallest absolute Gasteiger partial charge is 0.281 e. The number of rotatable bonds is 6. The number of fused-ring (bicyclic) bond motifs is 1. The van der Waals surface area contributed by atoms with Gasteiger partial charge < -0.3 is 4.74 Å². The van der Waals surface area contributed by atoms with Crippen molar-refractivity contribution < 1.29 is 9.53 Å². The van der Waals surface area contributed by atoms with Gasteiger partial charge in [0.05, 0.1) is 11.1 Å². The number of thiophene rings is 1. The molecule has 148 valence electrons. The maximum Gasteiger partial charge on any atom is 0.281 e. The second-order valence-electron chi connectivity index (χ2n) is 7.42. The number of nitrogens with zero attached hydrogens (tertiary/aromatic N) is 1. The molecule has 0 saturated heterocycles. The van der Waals surface area contributed by atoms with Gasteiger partial charge in [0, 0.05) is 10.4 Å². The van der Waals surface area contributed by atoms with E-state index in [9.17, 15) is 4.79 Å². The summed E-state index contributed by atoms with van der Waals surface area (Å²) >= 11 is 1.59. The lowest BCUT2D eigenvalue weighted by Gasteiger charge is -2.16. The van der Waals surface area contributed by atoms with Crippen LogP contribution in [0.4, 0.5) is 0 Å². The van der Waals surface area contributed by atoms with Crippen molar-refractivity contribution in [2.24, 2.45) is 11.0 Å². The van der Waals surface area contributed by atoms with Crippen molar-refractivity contribution in [3.63, 3.8) is 0 Å². The molecule has 4 rings (SSSR count). The molecule has 1 amide bonds. The van der Waals surface area contributed by atoms with E-state index in [-0.39, 0.29) is 5.91 Å². The number of amides is 1. The van der Waals surface area contributed by atoms with Gasteiger partial charge in [0.25, 0.3) is 5.91 Å². The molecule has 1 aromatic heterocycles. The summed E-state index contributed by atoms with van der Waals surface area (Å²) in [5, 5.41) is 4.16. The summed E-state index contributed by atoms with van der Waals surface area (Å²) in [5.41, 5.74) is 5.90. The van der Waals surface area contributed by atoms with E-state index in [1.807, 2.05) is 60.7 Å². The number of para-hydroxylation sites is 1. The molecule has 0 saturated carbocycles. The van der Waals surface area contributed by atoms with Crippen LogP contribution in [0.15, 0.2) is 65.8 Å². The number of hydrogen-bond donors (Lipinski definition) is 1. The van der Waals surface area contributed by atoms with Crippen LogP contribution in [-0.4, -0.2) is 12.1 Å². The third kappa shape index (κ3) is 4.93. The molecule has 0 unspecified atom stereocenters. The fourth-order valence-corrected chi connectivity index (χ4v) is 4.59. The highest BCUT2D eigenvalue weighted by molar-refractivity contribution is 7.14. The Labute approximate surface area is 175 Å². The Morgan fingerprint density at radius 3 is 2.86 bits per heavy atom. The topological polar surface area (TPSA) is 50.7 Å². The molecule has 2 aromatic carbocycles. The Balaban J connectivity index is 1.39. The van der Waals surface area contributed by atoms with Gasteiger partial charge in [-0.15, -0.1) is 11.3 Å². The molecule has 0 fully saturated rings. The summed E-state index contributed by atoms with van der Waals surface area (Å²) in [6.45, 7) is 2.75. The van der Waals surface area contributed by atoms with Gasteiger partial charge >= 0.3 is 0 Å². The van der Waals surface area contributed by atoms with Gasteiger partial charge in [-0.1, -0.05) is 49.4 Å². The zero-order valence-electron chi connectivity index (χ0n) is 16.4. The Bertz CT molecular complexity index is 1010. The first-order valence-corrected chi connectivity index (χ1v) is 10.7. The highest BCUT2D eigenvalue weighted by Gasteiger charge is 2.20. The lowest BCUT2D eigenvalue weighted by molar-refractivity contribution is 0.0959. The number of aryl methyl sites for hydroxylation is 1. The molecule has 1 heterocycles. The molecule has 29 heavy (non-hydrogen) atoms. The number of ether oxygens (including phenoxy) is 1. The molecule has 4 nitrogen and oxygen atoms in total. The second-order valence-corrected chi connectivity index (χ2v) is 8.56. The van der Waals surface area contributed by atoms with Crippen molar-refractivity contribution in [1.82, 2.24) is 5.43 Å². The van der Waals surface area contributed by atoms with Crippen LogP contribution in [0.3, 0.4) is 0 Å². The van der Waals surface area contributed by atoms with Crippen LogP contribution in [0, 0.1) is 5.92 Å². The summed E-state index contributed by atoms with van der Waals surface area (Å²) < 4.78 is 5.93. The first kappa shape index (κ1) is 19.4. The fraction of sp³-hybridized carbons (Fsp3) is 0.250. The van der Waals surface area contributed by atoms with Crippen LogP contribution < -0.4 is 10.2 Å². The second kappa shape index (κ2) is 9.05. The third-order valence-electron chi connectivity index (χ3n) is 5.08. The molecule has 0 bridgehead atoms. The molecule has 0 spiro atoms. The van der Waals surface area contributed by atoms with E-state index in [0.717, 1.165) is 34.6 Å². The van der Waals surface area contributed by atoms with E-state index in [2.05, 4.69) is 17.5 Å². The van der Waals surface area contributed by atoms with Gasteiger partial charge in [-0.3, -0.25) is 4.79 Å². The standard InChI is InChI=1S/C24H24N2O2S/c1-17-11-12-22-20(13-17)14-23(29-22)24(27)26-25-15-19-9-5-6-10-21(19)28-16-18-7-3-2-4-8-18/h2-10,14-15,17H,11-13,16H2,1H3,(H,26,27)/t17-/m0/s1. The Morgan fingerprint density at radius 1 is 1.21 bits per heavy atom. The van der Waals surface area contributed by atoms with Crippen LogP contribution in [-0.2, 0) is 19.4 Å². The molecule has 1 aliphatic carbocycles. The Hall–Kier alpha value is -2.92. The summed E-state index contributed by atoms with van der Waals surface area (Å²) in [5.74, 6) is 1.27. The zero-order valence-corrected chi connectivity index (χ0v) is 17.2. The fourth-order valence-electron chi connectivity index (χ4n) is 3.49. The van der Waals surface area contributed by atoms with Crippen molar-refractivity contribution in [1.29, 1.82) is 0 Å². The van der Waals surface area contributed by atoms with Crippen molar-refractivity contribution >= 4 is 23.5 Å². The first-order valence-electron chi connectivity index (χ1n) is 9.90. The lowest BCUT2D eigenvalue weighted by atomic mass is 9.90. The minimum absolute atomic E-state index is 0.156.